The van der Waals surface area contributed by atoms with Crippen molar-refractivity contribution >= 4 is 33.0 Å². The molecule has 2 atom stereocenters. The molecule has 2 aliphatic carbocycles. The minimum Gasteiger partial charge on any atom is -0.383 e. The van der Waals surface area contributed by atoms with Crippen molar-refractivity contribution in [3.8, 4) is 0 Å². The number of carbonyl (C=O) groups is 1. The van der Waals surface area contributed by atoms with Crippen LogP contribution >= 0.6 is 11.3 Å². The number of nitrogens with one attached hydrogen (secondary N) is 2. The number of thiazole rings is 1. The predicted molar refractivity (Wildman–Crippen MR) is 144 cm³/mol. The normalized spacial score (nSPS) is 17.2. The molecule has 0 aliphatic heterocycles. The van der Waals surface area contributed by atoms with Gasteiger partial charge in [0, 0.05) is 11.7 Å². The molecule has 1 aromatic heterocycles. The summed E-state index contributed by atoms with van der Waals surface area (Å²) in [5.41, 5.74) is 5.59. The fraction of sp³-hybridized carbons (Fsp3) is 0.407. The van der Waals surface area contributed by atoms with Crippen LogP contribution in [-0.4, -0.2) is 20.3 Å². The van der Waals surface area contributed by atoms with Crippen LogP contribution in [0, 0.1) is 0 Å². The first-order chi connectivity index (χ1) is 17.1. The molecule has 1 unspecified atom stereocenters. The molecule has 0 spiro atoms. The topological polar surface area (TPSA) is 104 Å². The highest BCUT2D eigenvalue weighted by atomic mass is 32.2. The summed E-state index contributed by atoms with van der Waals surface area (Å²) in [5, 5.41) is 13.8. The molecule has 9 heteroatoms. The van der Waals surface area contributed by atoms with Gasteiger partial charge >= 0.3 is 6.03 Å². The second-order valence-electron chi connectivity index (χ2n) is 10.1. The number of anilines is 1. The average molecular weight is 525 g/mol. The van der Waals surface area contributed by atoms with Gasteiger partial charge in [0.1, 0.15) is 14.8 Å². The van der Waals surface area contributed by atoms with Gasteiger partial charge in [0.2, 0.25) is 0 Å². The number of rotatable bonds is 6. The van der Waals surface area contributed by atoms with Crippen LogP contribution in [-0.2, 0) is 41.2 Å². The van der Waals surface area contributed by atoms with Crippen LogP contribution in [0.25, 0.3) is 0 Å². The van der Waals surface area contributed by atoms with Crippen molar-refractivity contribution in [3.05, 3.63) is 75.4 Å². The van der Waals surface area contributed by atoms with Gasteiger partial charge in [-0.25, -0.2) is 18.7 Å². The summed E-state index contributed by atoms with van der Waals surface area (Å²) in [4.78, 5) is 17.6. The van der Waals surface area contributed by atoms with E-state index in [1.54, 1.807) is 13.8 Å². The Morgan fingerprint density at radius 2 is 1.75 bits per heavy atom. The lowest BCUT2D eigenvalue weighted by atomic mass is 9.99. The van der Waals surface area contributed by atoms with Crippen molar-refractivity contribution in [2.24, 2.45) is 4.36 Å². The molecule has 0 saturated carbocycles. The van der Waals surface area contributed by atoms with Gasteiger partial charge in [0.15, 0.2) is 9.92 Å². The Hall–Kier alpha value is -2.59. The summed E-state index contributed by atoms with van der Waals surface area (Å²) in [6, 6.07) is 10.9. The third kappa shape index (κ3) is 4.98. The van der Waals surface area contributed by atoms with E-state index >= 15 is 0 Å². The number of benzene rings is 2. The maximum absolute atomic E-state index is 14.3. The molecule has 0 radical (unpaired) electrons. The van der Waals surface area contributed by atoms with Crippen LogP contribution in [0.5, 0.6) is 0 Å². The van der Waals surface area contributed by atoms with Gasteiger partial charge in [-0.1, -0.05) is 36.4 Å². The van der Waals surface area contributed by atoms with Gasteiger partial charge in [0.05, 0.1) is 6.20 Å². The molecular formula is C27H32N4O3S2. The zero-order valence-electron chi connectivity index (χ0n) is 20.8. The van der Waals surface area contributed by atoms with E-state index in [1.807, 2.05) is 37.3 Å². The minimum atomic E-state index is -3.39. The molecule has 7 nitrogen and oxygen atoms in total. The molecule has 3 aromatic rings. The summed E-state index contributed by atoms with van der Waals surface area (Å²) in [6.45, 7) is 5.13. The minimum absolute atomic E-state index is 0.307. The maximum atomic E-state index is 14.3. The SMILES string of the molecule is C[C@H](NS(=O)(=NC(=O)Nc1c2c(cc3c1CCC3)CCC2)c1cnc(C(C)(C)O)s1)c1ccccc1. The molecule has 5 rings (SSSR count). The number of nitrogens with zero attached hydrogens (tertiary/aromatic N) is 2. The first-order valence-electron chi connectivity index (χ1n) is 12.4. The standard InChI is InChI=1S/C27H32N4O3S2/c1-17(18-9-5-4-6-10-18)30-36(34,23-16-28-25(35-23)27(2,3)33)31-26(32)29-24-21-13-7-11-19(21)15-20-12-8-14-22(20)24/h4-6,9-10,15-17,33H,7-8,11-14H2,1-3H3,(H2,29,30,31,32,34)/t17-,36?/m0/s1. The highest BCUT2D eigenvalue weighted by Gasteiger charge is 2.28. The van der Waals surface area contributed by atoms with E-state index in [-0.39, 0.29) is 6.04 Å². The Balaban J connectivity index is 1.53. The van der Waals surface area contributed by atoms with E-state index in [2.05, 4.69) is 25.5 Å². The number of aromatic nitrogens is 1. The summed E-state index contributed by atoms with van der Waals surface area (Å²) in [6.07, 6.45) is 7.50. The summed E-state index contributed by atoms with van der Waals surface area (Å²) in [5.74, 6) is 0. The zero-order valence-corrected chi connectivity index (χ0v) is 22.5. The molecule has 36 heavy (non-hydrogen) atoms. The molecule has 1 heterocycles. The second-order valence-corrected chi connectivity index (χ2v) is 13.3. The van der Waals surface area contributed by atoms with E-state index in [0.29, 0.717) is 9.22 Å². The highest BCUT2D eigenvalue weighted by Crippen LogP contribution is 2.39. The average Bonchev–Trinajstić information content (AvgIpc) is 3.59. The third-order valence-electron chi connectivity index (χ3n) is 6.83. The van der Waals surface area contributed by atoms with E-state index in [4.69, 9.17) is 0 Å². The quantitative estimate of drug-likeness (QED) is 0.386. The van der Waals surface area contributed by atoms with Crippen molar-refractivity contribution in [2.75, 3.05) is 5.32 Å². The molecule has 0 bridgehead atoms. The van der Waals surface area contributed by atoms with Crippen molar-refractivity contribution in [3.63, 3.8) is 0 Å². The van der Waals surface area contributed by atoms with Gasteiger partial charge in [-0.3, -0.25) is 0 Å². The monoisotopic (exact) mass is 524 g/mol. The third-order valence-corrected chi connectivity index (χ3v) is 10.6. The summed E-state index contributed by atoms with van der Waals surface area (Å²) >= 11 is 1.10. The molecule has 2 amide bonds. The van der Waals surface area contributed by atoms with Gasteiger partial charge in [0.25, 0.3) is 0 Å². The van der Waals surface area contributed by atoms with Crippen LogP contribution in [0.1, 0.15) is 72.5 Å². The fourth-order valence-electron chi connectivity index (χ4n) is 5.06. The van der Waals surface area contributed by atoms with Crippen molar-refractivity contribution < 1.29 is 14.1 Å². The van der Waals surface area contributed by atoms with Crippen LogP contribution in [0.15, 0.2) is 51.2 Å². The van der Waals surface area contributed by atoms with E-state index in [0.717, 1.165) is 61.1 Å². The molecule has 0 fully saturated rings. The van der Waals surface area contributed by atoms with E-state index in [9.17, 15) is 14.1 Å². The first-order valence-corrected chi connectivity index (χ1v) is 14.7. The molecule has 0 saturated heterocycles. The Kier molecular flexibility index (Phi) is 6.76. The predicted octanol–water partition coefficient (Wildman–Crippen LogP) is 5.67. The van der Waals surface area contributed by atoms with E-state index < -0.39 is 21.5 Å². The number of aliphatic hydroxyl groups is 1. The number of urea groups is 1. The number of carbonyl (C=O) groups excluding carboxylic acids is 1. The Labute approximate surface area is 216 Å². The molecule has 2 aromatic carbocycles. The Morgan fingerprint density at radius 1 is 1.11 bits per heavy atom. The van der Waals surface area contributed by atoms with Crippen LogP contribution in [0.2, 0.25) is 0 Å². The van der Waals surface area contributed by atoms with Crippen LogP contribution in [0.4, 0.5) is 10.5 Å². The number of hydrogen-bond acceptors (Lipinski definition) is 5. The number of amides is 2. The van der Waals surface area contributed by atoms with Crippen LogP contribution in [0.3, 0.4) is 0 Å². The lowest BCUT2D eigenvalue weighted by Gasteiger charge is -2.18. The smallest absolute Gasteiger partial charge is 0.354 e. The van der Waals surface area contributed by atoms with E-state index in [1.165, 1.54) is 28.5 Å². The molecule has 190 valence electrons. The van der Waals surface area contributed by atoms with Crippen LogP contribution < -0.4 is 10.0 Å². The lowest BCUT2D eigenvalue weighted by molar-refractivity contribution is 0.0783. The van der Waals surface area contributed by atoms with Crippen molar-refractivity contribution in [1.29, 1.82) is 0 Å². The molecule has 3 N–H and O–H groups in total. The fourth-order valence-corrected chi connectivity index (χ4v) is 8.01. The first kappa shape index (κ1) is 25.1. The highest BCUT2D eigenvalue weighted by molar-refractivity contribution is 7.94. The van der Waals surface area contributed by atoms with Gasteiger partial charge in [-0.05, 0) is 87.1 Å². The second kappa shape index (κ2) is 9.70. The van der Waals surface area contributed by atoms with Gasteiger partial charge in [-0.2, -0.15) is 0 Å². The lowest BCUT2D eigenvalue weighted by Crippen LogP contribution is -2.28. The largest absolute Gasteiger partial charge is 0.383 e. The zero-order chi connectivity index (χ0) is 25.5. The number of fused-ring (bicyclic) bond motifs is 2. The van der Waals surface area contributed by atoms with Crippen molar-refractivity contribution in [2.45, 2.75) is 75.1 Å². The Morgan fingerprint density at radius 3 is 2.33 bits per heavy atom. The summed E-state index contributed by atoms with van der Waals surface area (Å²) in [7, 11) is -3.39. The molecular weight excluding hydrogens is 492 g/mol. The molecule has 2 aliphatic rings. The van der Waals surface area contributed by atoms with Crippen molar-refractivity contribution in [1.82, 2.24) is 9.71 Å². The Bertz CT molecular complexity index is 1380. The van der Waals surface area contributed by atoms with Gasteiger partial charge < -0.3 is 10.4 Å². The summed E-state index contributed by atoms with van der Waals surface area (Å²) < 4.78 is 22.0. The number of hydrogen-bond donors (Lipinski definition) is 3. The maximum Gasteiger partial charge on any atom is 0.354 e. The van der Waals surface area contributed by atoms with Gasteiger partial charge in [-0.15, -0.1) is 15.7 Å². The number of aryl methyl sites for hydroxylation is 2.